The summed E-state index contributed by atoms with van der Waals surface area (Å²) in [5.41, 5.74) is 2.34. The van der Waals surface area contributed by atoms with Crippen molar-refractivity contribution < 1.29 is 22.7 Å². The van der Waals surface area contributed by atoms with Gasteiger partial charge in [0.2, 0.25) is 15.9 Å². The molecule has 0 heterocycles. The molecule has 0 aliphatic heterocycles. The Bertz CT molecular complexity index is 1010. The number of anilines is 1. The van der Waals surface area contributed by atoms with Gasteiger partial charge in [0.1, 0.15) is 17.5 Å². The van der Waals surface area contributed by atoms with E-state index in [1.54, 1.807) is 38.3 Å². The molecule has 32 heavy (non-hydrogen) atoms. The lowest BCUT2D eigenvalue weighted by atomic mass is 10.0. The highest BCUT2D eigenvalue weighted by Gasteiger charge is 2.32. The molecule has 1 N–H and O–H groups in total. The van der Waals surface area contributed by atoms with E-state index in [4.69, 9.17) is 9.47 Å². The summed E-state index contributed by atoms with van der Waals surface area (Å²) in [7, 11) is -2.09. The maximum atomic E-state index is 13.3. The summed E-state index contributed by atoms with van der Waals surface area (Å²) in [5.74, 6) is 1.08. The molecule has 2 aromatic rings. The van der Waals surface area contributed by atoms with E-state index < -0.39 is 16.1 Å². The van der Waals surface area contributed by atoms with Gasteiger partial charge in [-0.2, -0.15) is 0 Å². The van der Waals surface area contributed by atoms with Crippen molar-refractivity contribution in [3.8, 4) is 11.5 Å². The molecule has 2 aromatic carbocycles. The van der Waals surface area contributed by atoms with Gasteiger partial charge in [-0.05, 0) is 68.1 Å². The van der Waals surface area contributed by atoms with E-state index in [1.807, 2.05) is 39.0 Å². The number of carbonyl (C=O) groups excluding carboxylic acids is 1. The molecule has 1 amide bonds. The number of aryl methyl sites for hydroxylation is 1. The number of carbonyl (C=O) groups is 1. The molecule has 2 rings (SSSR count). The molecule has 0 fully saturated rings. The fourth-order valence-electron chi connectivity index (χ4n) is 3.72. The molecular formula is C24H34N2O5S. The maximum Gasteiger partial charge on any atom is 0.244 e. The molecule has 8 heteroatoms. The number of hydrogen-bond acceptors (Lipinski definition) is 5. The van der Waals surface area contributed by atoms with Crippen LogP contribution in [0.1, 0.15) is 50.8 Å². The van der Waals surface area contributed by atoms with Gasteiger partial charge < -0.3 is 14.8 Å². The molecule has 176 valence electrons. The van der Waals surface area contributed by atoms with Crippen LogP contribution in [0, 0.1) is 6.92 Å². The van der Waals surface area contributed by atoms with E-state index >= 15 is 0 Å². The minimum Gasteiger partial charge on any atom is -0.496 e. The minimum absolute atomic E-state index is 0.247. The Hall–Kier alpha value is -2.74. The number of hydrogen-bond donors (Lipinski definition) is 1. The first-order valence-electron chi connectivity index (χ1n) is 10.8. The minimum atomic E-state index is -3.71. The Morgan fingerprint density at radius 2 is 1.72 bits per heavy atom. The Balaban J connectivity index is 2.33. The summed E-state index contributed by atoms with van der Waals surface area (Å²) in [6.07, 6.45) is 2.10. The van der Waals surface area contributed by atoms with E-state index in [0.29, 0.717) is 30.9 Å². The van der Waals surface area contributed by atoms with Crippen molar-refractivity contribution in [2.24, 2.45) is 0 Å². The average molecular weight is 463 g/mol. The van der Waals surface area contributed by atoms with Gasteiger partial charge in [-0.1, -0.05) is 26.0 Å². The SMILES string of the molecule is CCOc1ccc(N([C@H](CC)C(=O)N[C@H](CC)c2ccc(OC)c(C)c2)S(C)(=O)=O)cc1. The van der Waals surface area contributed by atoms with Gasteiger partial charge in [-0.15, -0.1) is 0 Å². The number of benzene rings is 2. The number of nitrogens with one attached hydrogen (secondary N) is 1. The first-order valence-corrected chi connectivity index (χ1v) is 12.7. The molecule has 0 unspecified atom stereocenters. The summed E-state index contributed by atoms with van der Waals surface area (Å²) in [4.78, 5) is 13.3. The van der Waals surface area contributed by atoms with Crippen molar-refractivity contribution in [3.05, 3.63) is 53.6 Å². The van der Waals surface area contributed by atoms with Crippen LogP contribution in [0.25, 0.3) is 0 Å². The maximum absolute atomic E-state index is 13.3. The van der Waals surface area contributed by atoms with Gasteiger partial charge in [0.05, 0.1) is 31.7 Å². The van der Waals surface area contributed by atoms with Crippen molar-refractivity contribution in [2.45, 2.75) is 52.6 Å². The Kier molecular flexibility index (Phi) is 8.95. The number of ether oxygens (including phenoxy) is 2. The van der Waals surface area contributed by atoms with Crippen LogP contribution in [0.2, 0.25) is 0 Å². The predicted molar refractivity (Wildman–Crippen MR) is 128 cm³/mol. The fourth-order valence-corrected chi connectivity index (χ4v) is 4.94. The second kappa shape index (κ2) is 11.2. The summed E-state index contributed by atoms with van der Waals surface area (Å²) in [5, 5.41) is 3.04. The summed E-state index contributed by atoms with van der Waals surface area (Å²) >= 11 is 0. The Morgan fingerprint density at radius 3 is 2.19 bits per heavy atom. The molecule has 0 aliphatic carbocycles. The number of sulfonamides is 1. The highest BCUT2D eigenvalue weighted by molar-refractivity contribution is 7.92. The van der Waals surface area contributed by atoms with Crippen LogP contribution in [0.4, 0.5) is 5.69 Å². The normalized spacial score (nSPS) is 13.2. The number of methoxy groups -OCH3 is 1. The van der Waals surface area contributed by atoms with E-state index in [1.165, 1.54) is 4.31 Å². The lowest BCUT2D eigenvalue weighted by Crippen LogP contribution is -2.50. The average Bonchev–Trinajstić information content (AvgIpc) is 2.75. The van der Waals surface area contributed by atoms with Crippen molar-refractivity contribution in [1.82, 2.24) is 5.32 Å². The number of amides is 1. The van der Waals surface area contributed by atoms with Gasteiger partial charge >= 0.3 is 0 Å². The molecule has 0 saturated heterocycles. The van der Waals surface area contributed by atoms with Crippen LogP contribution < -0.4 is 19.1 Å². The molecule has 0 radical (unpaired) electrons. The van der Waals surface area contributed by atoms with Crippen LogP contribution >= 0.6 is 0 Å². The largest absolute Gasteiger partial charge is 0.496 e. The van der Waals surface area contributed by atoms with Crippen LogP contribution in [-0.2, 0) is 14.8 Å². The van der Waals surface area contributed by atoms with Crippen LogP contribution in [0.3, 0.4) is 0 Å². The molecule has 0 bridgehead atoms. The van der Waals surface area contributed by atoms with Crippen molar-refractivity contribution in [2.75, 3.05) is 24.3 Å². The van der Waals surface area contributed by atoms with E-state index in [9.17, 15) is 13.2 Å². The van der Waals surface area contributed by atoms with Gasteiger partial charge in [0, 0.05) is 0 Å². The zero-order chi connectivity index (χ0) is 23.9. The first-order chi connectivity index (χ1) is 15.2. The van der Waals surface area contributed by atoms with Crippen LogP contribution in [0.5, 0.6) is 11.5 Å². The monoisotopic (exact) mass is 462 g/mol. The van der Waals surface area contributed by atoms with Gasteiger partial charge in [0.25, 0.3) is 0 Å². The number of nitrogens with zero attached hydrogens (tertiary/aromatic N) is 1. The fraction of sp³-hybridized carbons (Fsp3) is 0.458. The zero-order valence-electron chi connectivity index (χ0n) is 19.7. The standard InChI is InChI=1S/C24H34N2O5S/c1-7-21(18-10-15-23(30-5)17(4)16-18)25-24(27)22(8-2)26(32(6,28)29)19-11-13-20(14-12-19)31-9-3/h10-16,21-22H,7-9H2,1-6H3,(H,25,27)/t21-,22-/m1/s1. The molecule has 0 spiro atoms. The van der Waals surface area contributed by atoms with Crippen molar-refractivity contribution in [3.63, 3.8) is 0 Å². The third-order valence-corrected chi connectivity index (χ3v) is 6.46. The smallest absolute Gasteiger partial charge is 0.244 e. The second-order valence-corrected chi connectivity index (χ2v) is 9.47. The first kappa shape index (κ1) is 25.5. The van der Waals surface area contributed by atoms with Gasteiger partial charge in [-0.25, -0.2) is 8.42 Å². The predicted octanol–water partition coefficient (Wildman–Crippen LogP) is 4.21. The Labute approximate surface area is 191 Å². The van der Waals surface area contributed by atoms with Crippen molar-refractivity contribution >= 4 is 21.6 Å². The Morgan fingerprint density at radius 1 is 1.06 bits per heavy atom. The summed E-state index contributed by atoms with van der Waals surface area (Å²) < 4.78 is 37.3. The van der Waals surface area contributed by atoms with Crippen LogP contribution in [-0.4, -0.2) is 40.3 Å². The highest BCUT2D eigenvalue weighted by Crippen LogP contribution is 2.27. The molecule has 0 aliphatic rings. The summed E-state index contributed by atoms with van der Waals surface area (Å²) in [6, 6.07) is 11.4. The summed E-state index contributed by atoms with van der Waals surface area (Å²) in [6.45, 7) is 8.12. The van der Waals surface area contributed by atoms with E-state index in [0.717, 1.165) is 23.1 Å². The molecular weight excluding hydrogens is 428 g/mol. The van der Waals surface area contributed by atoms with Gasteiger partial charge in [0.15, 0.2) is 0 Å². The lowest BCUT2D eigenvalue weighted by molar-refractivity contribution is -0.123. The lowest BCUT2D eigenvalue weighted by Gasteiger charge is -2.31. The van der Waals surface area contributed by atoms with Crippen LogP contribution in [0.15, 0.2) is 42.5 Å². The molecule has 2 atom stereocenters. The zero-order valence-corrected chi connectivity index (χ0v) is 20.5. The molecule has 7 nitrogen and oxygen atoms in total. The third-order valence-electron chi connectivity index (χ3n) is 5.28. The quantitative estimate of drug-likeness (QED) is 0.541. The highest BCUT2D eigenvalue weighted by atomic mass is 32.2. The molecule has 0 aromatic heterocycles. The second-order valence-electron chi connectivity index (χ2n) is 7.61. The third kappa shape index (κ3) is 6.16. The van der Waals surface area contributed by atoms with Crippen molar-refractivity contribution in [1.29, 1.82) is 0 Å². The van der Waals surface area contributed by atoms with E-state index in [-0.39, 0.29) is 11.9 Å². The van der Waals surface area contributed by atoms with E-state index in [2.05, 4.69) is 5.32 Å². The molecule has 0 saturated carbocycles. The number of rotatable bonds is 11. The van der Waals surface area contributed by atoms with Gasteiger partial charge in [-0.3, -0.25) is 9.10 Å². The topological polar surface area (TPSA) is 84.9 Å².